The van der Waals surface area contributed by atoms with Crippen LogP contribution in [0.1, 0.15) is 37.3 Å². The summed E-state index contributed by atoms with van der Waals surface area (Å²) in [5.74, 6) is 1.23. The number of aryl methyl sites for hydroxylation is 2. The van der Waals surface area contributed by atoms with Gasteiger partial charge in [-0.15, -0.1) is 0 Å². The molecule has 128 valence electrons. The molecule has 0 spiro atoms. The molecule has 1 saturated heterocycles. The number of carbonyl (C=O) groups excluding carboxylic acids is 1. The highest BCUT2D eigenvalue weighted by Crippen LogP contribution is 2.27. The summed E-state index contributed by atoms with van der Waals surface area (Å²) >= 11 is 6.16. The molecule has 4 nitrogen and oxygen atoms in total. The summed E-state index contributed by atoms with van der Waals surface area (Å²) in [6, 6.07) is 3.98. The fourth-order valence-electron chi connectivity index (χ4n) is 3.39. The van der Waals surface area contributed by atoms with E-state index >= 15 is 0 Å². The highest BCUT2D eigenvalue weighted by Gasteiger charge is 2.31. The number of hydrogen-bond acceptors (Lipinski definition) is 3. The van der Waals surface area contributed by atoms with Gasteiger partial charge in [0.05, 0.1) is 0 Å². The van der Waals surface area contributed by atoms with Gasteiger partial charge in [0.25, 0.3) is 5.91 Å². The molecule has 1 aromatic rings. The second-order valence-electron chi connectivity index (χ2n) is 6.51. The molecule has 1 amide bonds. The molecular weight excluding hydrogens is 312 g/mol. The minimum atomic E-state index is 0.0419. The molecule has 23 heavy (non-hydrogen) atoms. The van der Waals surface area contributed by atoms with Crippen LogP contribution in [0.25, 0.3) is 0 Å². The first kappa shape index (κ1) is 18.1. The van der Waals surface area contributed by atoms with Gasteiger partial charge in [0.15, 0.2) is 6.61 Å². The molecule has 2 rings (SSSR count). The summed E-state index contributed by atoms with van der Waals surface area (Å²) in [7, 11) is 0. The number of amides is 1. The van der Waals surface area contributed by atoms with Crippen molar-refractivity contribution in [3.8, 4) is 5.75 Å². The molecule has 0 aromatic heterocycles. The number of nitrogens with zero attached hydrogens (tertiary/aromatic N) is 1. The quantitative estimate of drug-likeness (QED) is 0.896. The molecule has 0 bridgehead atoms. The van der Waals surface area contributed by atoms with Crippen molar-refractivity contribution in [2.24, 2.45) is 11.7 Å². The van der Waals surface area contributed by atoms with Gasteiger partial charge in [0.2, 0.25) is 0 Å². The lowest BCUT2D eigenvalue weighted by Gasteiger charge is -2.40. The molecule has 1 aliphatic heterocycles. The summed E-state index contributed by atoms with van der Waals surface area (Å²) in [4.78, 5) is 14.5. The highest BCUT2D eigenvalue weighted by molar-refractivity contribution is 6.32. The van der Waals surface area contributed by atoms with E-state index in [4.69, 9.17) is 22.1 Å². The molecule has 0 aliphatic carbocycles. The molecule has 1 fully saturated rings. The van der Waals surface area contributed by atoms with Gasteiger partial charge < -0.3 is 15.4 Å². The van der Waals surface area contributed by atoms with E-state index in [9.17, 15) is 4.79 Å². The van der Waals surface area contributed by atoms with Crippen molar-refractivity contribution in [2.75, 3.05) is 19.7 Å². The molecular formula is C18H27ClN2O2. The summed E-state index contributed by atoms with van der Waals surface area (Å²) in [6.07, 6.45) is 3.06. The minimum absolute atomic E-state index is 0.0419. The molecule has 0 radical (unpaired) electrons. The van der Waals surface area contributed by atoms with E-state index in [0.29, 0.717) is 18.2 Å². The predicted octanol–water partition coefficient (Wildman–Crippen LogP) is 3.31. The topological polar surface area (TPSA) is 55.6 Å². The Morgan fingerprint density at radius 1 is 1.39 bits per heavy atom. The van der Waals surface area contributed by atoms with E-state index in [1.54, 1.807) is 0 Å². The molecule has 2 atom stereocenters. The van der Waals surface area contributed by atoms with Gasteiger partial charge in [-0.05, 0) is 68.8 Å². The van der Waals surface area contributed by atoms with Crippen molar-refractivity contribution in [1.29, 1.82) is 0 Å². The lowest BCUT2D eigenvalue weighted by molar-refractivity contribution is -0.138. The van der Waals surface area contributed by atoms with Gasteiger partial charge in [0, 0.05) is 17.6 Å². The zero-order valence-corrected chi connectivity index (χ0v) is 15.0. The Hall–Kier alpha value is -1.26. The first-order valence-electron chi connectivity index (χ1n) is 8.33. The van der Waals surface area contributed by atoms with Crippen LogP contribution < -0.4 is 10.5 Å². The van der Waals surface area contributed by atoms with Gasteiger partial charge >= 0.3 is 0 Å². The zero-order valence-electron chi connectivity index (χ0n) is 14.3. The van der Waals surface area contributed by atoms with Crippen LogP contribution >= 0.6 is 11.6 Å². The minimum Gasteiger partial charge on any atom is -0.484 e. The van der Waals surface area contributed by atoms with E-state index in [2.05, 4.69) is 6.92 Å². The normalized spacial score (nSPS) is 21.3. The standard InChI is InChI=1S/C18H27ClN2O2/c1-12-5-4-8-21(16(12)6-7-20)17(22)11-23-15-9-13(2)18(19)14(3)10-15/h9-10,12,16H,4-8,11,20H2,1-3H3. The number of benzene rings is 1. The Morgan fingerprint density at radius 3 is 2.65 bits per heavy atom. The molecule has 1 aliphatic rings. The second-order valence-corrected chi connectivity index (χ2v) is 6.89. The van der Waals surface area contributed by atoms with Crippen LogP contribution in [-0.2, 0) is 4.79 Å². The number of carbonyl (C=O) groups is 1. The Kier molecular flexibility index (Phi) is 6.31. The van der Waals surface area contributed by atoms with E-state index in [0.717, 1.165) is 42.0 Å². The van der Waals surface area contributed by atoms with E-state index < -0.39 is 0 Å². The summed E-state index contributed by atoms with van der Waals surface area (Å²) in [5.41, 5.74) is 7.63. The predicted molar refractivity (Wildman–Crippen MR) is 94.0 cm³/mol. The molecule has 2 N–H and O–H groups in total. The van der Waals surface area contributed by atoms with Crippen LogP contribution in [0.5, 0.6) is 5.75 Å². The highest BCUT2D eigenvalue weighted by atomic mass is 35.5. The maximum absolute atomic E-state index is 12.6. The average Bonchev–Trinajstić information content (AvgIpc) is 2.52. The van der Waals surface area contributed by atoms with Crippen LogP contribution in [0, 0.1) is 19.8 Å². The Morgan fingerprint density at radius 2 is 2.04 bits per heavy atom. The number of nitrogens with two attached hydrogens (primary N) is 1. The van der Waals surface area contributed by atoms with Crippen LogP contribution in [0.15, 0.2) is 12.1 Å². The van der Waals surface area contributed by atoms with Crippen molar-refractivity contribution in [1.82, 2.24) is 4.90 Å². The first-order valence-corrected chi connectivity index (χ1v) is 8.71. The smallest absolute Gasteiger partial charge is 0.260 e. The second kappa shape index (κ2) is 8.02. The zero-order chi connectivity index (χ0) is 17.0. The number of halogens is 1. The fourth-order valence-corrected chi connectivity index (χ4v) is 3.50. The molecule has 0 saturated carbocycles. The van der Waals surface area contributed by atoms with Crippen molar-refractivity contribution < 1.29 is 9.53 Å². The fraction of sp³-hybridized carbons (Fsp3) is 0.611. The average molecular weight is 339 g/mol. The van der Waals surface area contributed by atoms with Gasteiger partial charge in [-0.2, -0.15) is 0 Å². The third-order valence-electron chi connectivity index (χ3n) is 4.67. The summed E-state index contributed by atoms with van der Waals surface area (Å²) < 4.78 is 5.72. The van der Waals surface area contributed by atoms with Gasteiger partial charge in [0.1, 0.15) is 5.75 Å². The number of rotatable bonds is 5. The SMILES string of the molecule is Cc1cc(OCC(=O)N2CCCC(C)C2CCN)cc(C)c1Cl. The maximum atomic E-state index is 12.6. The van der Waals surface area contributed by atoms with Crippen LogP contribution in [0.2, 0.25) is 5.02 Å². The Labute approximate surface area is 143 Å². The van der Waals surface area contributed by atoms with Gasteiger partial charge in [-0.25, -0.2) is 0 Å². The Bertz CT molecular complexity index is 539. The monoisotopic (exact) mass is 338 g/mol. The third-order valence-corrected chi connectivity index (χ3v) is 5.27. The van der Waals surface area contributed by atoms with Crippen LogP contribution in [0.4, 0.5) is 0 Å². The lowest BCUT2D eigenvalue weighted by Crippen LogP contribution is -2.50. The Balaban J connectivity index is 2.00. The number of hydrogen-bond donors (Lipinski definition) is 1. The van der Waals surface area contributed by atoms with Gasteiger partial charge in [-0.1, -0.05) is 18.5 Å². The van der Waals surface area contributed by atoms with E-state index in [1.807, 2.05) is 30.9 Å². The van der Waals surface area contributed by atoms with Crippen LogP contribution in [-0.4, -0.2) is 36.5 Å². The summed E-state index contributed by atoms with van der Waals surface area (Å²) in [5, 5.41) is 0.747. The lowest BCUT2D eigenvalue weighted by atomic mass is 9.88. The number of piperidine rings is 1. The third kappa shape index (κ3) is 4.39. The number of ether oxygens (including phenoxy) is 1. The molecule has 5 heteroatoms. The van der Waals surface area contributed by atoms with Crippen molar-refractivity contribution in [3.05, 3.63) is 28.3 Å². The van der Waals surface area contributed by atoms with Crippen molar-refractivity contribution in [3.63, 3.8) is 0 Å². The van der Waals surface area contributed by atoms with Gasteiger partial charge in [-0.3, -0.25) is 4.79 Å². The van der Waals surface area contributed by atoms with Crippen LogP contribution in [0.3, 0.4) is 0 Å². The summed E-state index contributed by atoms with van der Waals surface area (Å²) in [6.45, 7) is 7.55. The van der Waals surface area contributed by atoms with Crippen molar-refractivity contribution in [2.45, 2.75) is 46.1 Å². The van der Waals surface area contributed by atoms with E-state index in [-0.39, 0.29) is 18.6 Å². The maximum Gasteiger partial charge on any atom is 0.260 e. The van der Waals surface area contributed by atoms with Crippen molar-refractivity contribution >= 4 is 17.5 Å². The largest absolute Gasteiger partial charge is 0.484 e. The molecule has 1 aromatic carbocycles. The number of likely N-dealkylation sites (tertiary alicyclic amines) is 1. The first-order chi connectivity index (χ1) is 10.9. The molecule has 1 heterocycles. The molecule has 2 unspecified atom stereocenters. The van der Waals surface area contributed by atoms with E-state index in [1.165, 1.54) is 0 Å².